The molecule has 7 heteroatoms. The number of urea groups is 1. The van der Waals surface area contributed by atoms with Crippen LogP contribution >= 0.6 is 0 Å². The molecule has 168 valence electrons. The standard InChI is InChI=1S/C25H32N6O/c1-16-8-7-9-17(2)22(16)29-25(32)27-19-14-12-18(13-15-19)26-24-28-21-11-6-5-10-20(21)23(30-24)31(3)4/h5-11,18-19H,12-15H2,1-4H3,(H,26,28,30)(H2,27,29,32)/t18-,19+. The zero-order valence-corrected chi connectivity index (χ0v) is 19.3. The smallest absolute Gasteiger partial charge is 0.319 e. The first-order chi connectivity index (χ1) is 15.4. The molecule has 1 heterocycles. The zero-order chi connectivity index (χ0) is 22.7. The number of rotatable bonds is 5. The molecule has 7 nitrogen and oxygen atoms in total. The van der Waals surface area contributed by atoms with Gasteiger partial charge in [0.05, 0.1) is 5.52 Å². The maximum atomic E-state index is 12.5. The lowest BCUT2D eigenvalue weighted by Crippen LogP contribution is -2.42. The Balaban J connectivity index is 1.34. The van der Waals surface area contributed by atoms with Gasteiger partial charge in [0.2, 0.25) is 5.95 Å². The first-order valence-electron chi connectivity index (χ1n) is 11.2. The Hall–Kier alpha value is -3.35. The van der Waals surface area contributed by atoms with Gasteiger partial charge in [-0.25, -0.2) is 9.78 Å². The van der Waals surface area contributed by atoms with Crippen molar-refractivity contribution < 1.29 is 4.79 Å². The van der Waals surface area contributed by atoms with E-state index in [1.165, 1.54) is 0 Å². The molecular formula is C25H32N6O. The van der Waals surface area contributed by atoms with Gasteiger partial charge >= 0.3 is 6.03 Å². The molecule has 2 amide bonds. The van der Waals surface area contributed by atoms with Crippen molar-refractivity contribution >= 4 is 34.4 Å². The summed E-state index contributed by atoms with van der Waals surface area (Å²) in [6.07, 6.45) is 3.77. The number of para-hydroxylation sites is 2. The van der Waals surface area contributed by atoms with E-state index in [0.717, 1.165) is 59.2 Å². The summed E-state index contributed by atoms with van der Waals surface area (Å²) in [5.41, 5.74) is 3.97. The number of amides is 2. The van der Waals surface area contributed by atoms with E-state index < -0.39 is 0 Å². The molecular weight excluding hydrogens is 400 g/mol. The summed E-state index contributed by atoms with van der Waals surface area (Å²) in [5.74, 6) is 1.58. The molecule has 1 saturated carbocycles. The van der Waals surface area contributed by atoms with Crippen LogP contribution in [0.4, 0.5) is 22.2 Å². The van der Waals surface area contributed by atoms with Crippen LogP contribution in [0.1, 0.15) is 36.8 Å². The summed E-state index contributed by atoms with van der Waals surface area (Å²) in [6, 6.07) is 14.4. The van der Waals surface area contributed by atoms with E-state index in [9.17, 15) is 4.79 Å². The van der Waals surface area contributed by atoms with Crippen molar-refractivity contribution in [1.29, 1.82) is 0 Å². The summed E-state index contributed by atoms with van der Waals surface area (Å²) >= 11 is 0. The molecule has 0 radical (unpaired) electrons. The van der Waals surface area contributed by atoms with Crippen molar-refractivity contribution in [1.82, 2.24) is 15.3 Å². The number of aromatic nitrogens is 2. The van der Waals surface area contributed by atoms with E-state index in [2.05, 4.69) is 22.0 Å². The van der Waals surface area contributed by atoms with Crippen LogP contribution in [0.15, 0.2) is 42.5 Å². The normalized spacial score (nSPS) is 18.2. The quantitative estimate of drug-likeness (QED) is 0.536. The fourth-order valence-electron chi connectivity index (χ4n) is 4.38. The third-order valence-corrected chi connectivity index (χ3v) is 6.12. The van der Waals surface area contributed by atoms with Crippen LogP contribution in [0.2, 0.25) is 0 Å². The summed E-state index contributed by atoms with van der Waals surface area (Å²) in [4.78, 5) is 24.0. The van der Waals surface area contributed by atoms with Gasteiger partial charge in [0.15, 0.2) is 0 Å². The largest absolute Gasteiger partial charge is 0.362 e. The lowest BCUT2D eigenvalue weighted by atomic mass is 9.91. The summed E-state index contributed by atoms with van der Waals surface area (Å²) in [7, 11) is 4.00. The Kier molecular flexibility index (Phi) is 6.44. The second kappa shape index (κ2) is 9.42. The van der Waals surface area contributed by atoms with Crippen LogP contribution in [0.5, 0.6) is 0 Å². The highest BCUT2D eigenvalue weighted by molar-refractivity contribution is 5.91. The van der Waals surface area contributed by atoms with Crippen LogP contribution in [0, 0.1) is 13.8 Å². The molecule has 1 aliphatic rings. The molecule has 0 bridgehead atoms. The highest BCUT2D eigenvalue weighted by Gasteiger charge is 2.23. The molecule has 1 fully saturated rings. The number of anilines is 3. The molecule has 3 aromatic rings. The SMILES string of the molecule is Cc1cccc(C)c1NC(=O)N[C@H]1CC[C@@H](Nc2nc(N(C)C)c3ccccc3n2)CC1. The molecule has 0 unspecified atom stereocenters. The average molecular weight is 433 g/mol. The number of carbonyl (C=O) groups is 1. The molecule has 0 saturated heterocycles. The Morgan fingerprint density at radius 1 is 0.906 bits per heavy atom. The minimum atomic E-state index is -0.132. The summed E-state index contributed by atoms with van der Waals surface area (Å²) < 4.78 is 0. The summed E-state index contributed by atoms with van der Waals surface area (Å²) in [6.45, 7) is 4.02. The third kappa shape index (κ3) is 4.93. The van der Waals surface area contributed by atoms with E-state index in [0.29, 0.717) is 12.0 Å². The fourth-order valence-corrected chi connectivity index (χ4v) is 4.38. The van der Waals surface area contributed by atoms with Gasteiger partial charge in [-0.15, -0.1) is 0 Å². The van der Waals surface area contributed by atoms with Crippen LogP contribution in [-0.2, 0) is 0 Å². The number of nitrogens with zero attached hydrogens (tertiary/aromatic N) is 3. The van der Waals surface area contributed by atoms with Crippen molar-refractivity contribution in [2.24, 2.45) is 0 Å². The van der Waals surface area contributed by atoms with Gasteiger partial charge in [-0.1, -0.05) is 30.3 Å². The number of fused-ring (bicyclic) bond motifs is 1. The predicted octanol–water partition coefficient (Wildman–Crippen LogP) is 4.86. The number of benzene rings is 2. The average Bonchev–Trinajstić information content (AvgIpc) is 2.77. The van der Waals surface area contributed by atoms with E-state index in [-0.39, 0.29) is 12.1 Å². The lowest BCUT2D eigenvalue weighted by Gasteiger charge is -2.30. The number of nitrogens with one attached hydrogen (secondary N) is 3. The topological polar surface area (TPSA) is 82.2 Å². The van der Waals surface area contributed by atoms with Crippen LogP contribution < -0.4 is 20.9 Å². The first kappa shape index (κ1) is 21.9. The molecule has 0 spiro atoms. The highest BCUT2D eigenvalue weighted by atomic mass is 16.2. The van der Waals surface area contributed by atoms with E-state index >= 15 is 0 Å². The zero-order valence-electron chi connectivity index (χ0n) is 19.3. The van der Waals surface area contributed by atoms with Gasteiger partial charge in [-0.3, -0.25) is 0 Å². The molecule has 3 N–H and O–H groups in total. The van der Waals surface area contributed by atoms with Crippen LogP contribution in [0.25, 0.3) is 10.9 Å². The van der Waals surface area contributed by atoms with Gasteiger partial charge in [0.25, 0.3) is 0 Å². The Bertz CT molecular complexity index is 1080. The third-order valence-electron chi connectivity index (χ3n) is 6.12. The lowest BCUT2D eigenvalue weighted by molar-refractivity contribution is 0.243. The van der Waals surface area contributed by atoms with Crippen molar-refractivity contribution in [3.8, 4) is 0 Å². The van der Waals surface area contributed by atoms with Crippen molar-refractivity contribution in [3.05, 3.63) is 53.6 Å². The minimum absolute atomic E-state index is 0.132. The molecule has 1 aliphatic carbocycles. The first-order valence-corrected chi connectivity index (χ1v) is 11.2. The van der Waals surface area contributed by atoms with Crippen LogP contribution in [0.3, 0.4) is 0 Å². The van der Waals surface area contributed by atoms with Gasteiger partial charge in [-0.05, 0) is 62.8 Å². The highest BCUT2D eigenvalue weighted by Crippen LogP contribution is 2.26. The number of carbonyl (C=O) groups excluding carboxylic acids is 1. The van der Waals surface area contributed by atoms with Crippen molar-refractivity contribution in [2.45, 2.75) is 51.6 Å². The van der Waals surface area contributed by atoms with Crippen molar-refractivity contribution in [2.75, 3.05) is 29.6 Å². The molecule has 1 aromatic heterocycles. The van der Waals surface area contributed by atoms with Gasteiger partial charge in [0.1, 0.15) is 5.82 Å². The molecule has 0 atom stereocenters. The minimum Gasteiger partial charge on any atom is -0.362 e. The summed E-state index contributed by atoms with van der Waals surface area (Å²) in [5, 5.41) is 10.7. The molecule has 2 aromatic carbocycles. The number of hydrogen-bond acceptors (Lipinski definition) is 5. The van der Waals surface area contributed by atoms with E-state index in [1.807, 2.05) is 69.2 Å². The fraction of sp³-hybridized carbons (Fsp3) is 0.400. The maximum absolute atomic E-state index is 12.5. The Morgan fingerprint density at radius 3 is 2.25 bits per heavy atom. The van der Waals surface area contributed by atoms with E-state index in [4.69, 9.17) is 9.97 Å². The molecule has 0 aliphatic heterocycles. The van der Waals surface area contributed by atoms with Gasteiger partial charge in [0, 0.05) is 37.3 Å². The monoisotopic (exact) mass is 432 g/mol. The van der Waals surface area contributed by atoms with Gasteiger partial charge < -0.3 is 20.9 Å². The van der Waals surface area contributed by atoms with Gasteiger partial charge in [-0.2, -0.15) is 4.98 Å². The Labute approximate surface area is 189 Å². The second-order valence-corrected chi connectivity index (χ2v) is 8.84. The van der Waals surface area contributed by atoms with E-state index in [1.54, 1.807) is 0 Å². The number of hydrogen-bond donors (Lipinski definition) is 3. The molecule has 4 rings (SSSR count). The second-order valence-electron chi connectivity index (χ2n) is 8.84. The number of aryl methyl sites for hydroxylation is 2. The van der Waals surface area contributed by atoms with Crippen molar-refractivity contribution in [3.63, 3.8) is 0 Å². The predicted molar refractivity (Wildman–Crippen MR) is 132 cm³/mol. The maximum Gasteiger partial charge on any atom is 0.319 e. The van der Waals surface area contributed by atoms with Crippen LogP contribution in [-0.4, -0.2) is 42.2 Å². The molecule has 32 heavy (non-hydrogen) atoms. The Morgan fingerprint density at radius 2 is 1.56 bits per heavy atom.